The molecule has 2 heterocycles. The van der Waals surface area contributed by atoms with E-state index in [0.717, 1.165) is 30.2 Å². The monoisotopic (exact) mass is 429 g/mol. The molecule has 0 bridgehead atoms. The van der Waals surface area contributed by atoms with E-state index in [0.29, 0.717) is 17.1 Å². The lowest BCUT2D eigenvalue weighted by Crippen LogP contribution is -2.39. The number of nitrogens with one attached hydrogen (secondary N) is 2. The van der Waals surface area contributed by atoms with Crippen LogP contribution >= 0.6 is 12.2 Å². The summed E-state index contributed by atoms with van der Waals surface area (Å²) < 4.78 is 12.9. The largest absolute Gasteiger partial charge is 0.497 e. The van der Waals surface area contributed by atoms with Gasteiger partial charge in [0.25, 0.3) is 0 Å². The van der Waals surface area contributed by atoms with E-state index in [9.17, 15) is 4.79 Å². The van der Waals surface area contributed by atoms with Gasteiger partial charge in [0.05, 0.1) is 19.4 Å². The number of carbonyl (C=O) groups excluding carboxylic acids is 1. The predicted octanol–water partition coefficient (Wildman–Crippen LogP) is 3.41. The van der Waals surface area contributed by atoms with E-state index in [2.05, 4.69) is 34.3 Å². The number of methoxy groups -OCH3 is 1. The molecular formula is C21H27N5O3S. The van der Waals surface area contributed by atoms with Crippen molar-refractivity contribution in [2.45, 2.75) is 26.4 Å². The molecule has 2 N–H and O–H groups in total. The van der Waals surface area contributed by atoms with Crippen molar-refractivity contribution in [2.75, 3.05) is 26.7 Å². The van der Waals surface area contributed by atoms with Gasteiger partial charge in [0.1, 0.15) is 18.1 Å². The molecule has 2 aromatic heterocycles. The Balaban J connectivity index is 1.71. The minimum absolute atomic E-state index is 0.0302. The highest BCUT2D eigenvalue weighted by Gasteiger charge is 2.22. The maximum atomic E-state index is 12.7. The molecule has 1 amide bonds. The molecule has 160 valence electrons. The Labute approximate surface area is 180 Å². The number of rotatable bonds is 10. The molecule has 3 rings (SSSR count). The normalized spacial score (nSPS) is 12.1. The van der Waals surface area contributed by atoms with Crippen LogP contribution in [0, 0.1) is 4.77 Å². The fourth-order valence-electron chi connectivity index (χ4n) is 3.39. The van der Waals surface area contributed by atoms with E-state index in [1.807, 2.05) is 36.4 Å². The molecule has 1 aromatic carbocycles. The van der Waals surface area contributed by atoms with Gasteiger partial charge in [-0.1, -0.05) is 13.8 Å². The van der Waals surface area contributed by atoms with Crippen LogP contribution in [-0.2, 0) is 11.3 Å². The first-order chi connectivity index (χ1) is 14.6. The molecule has 0 saturated carbocycles. The lowest BCUT2D eigenvalue weighted by atomic mass is 10.2. The molecule has 0 aliphatic heterocycles. The smallest absolute Gasteiger partial charge is 0.240 e. The van der Waals surface area contributed by atoms with Crippen molar-refractivity contribution in [3.63, 3.8) is 0 Å². The van der Waals surface area contributed by atoms with Gasteiger partial charge in [-0.05, 0) is 61.7 Å². The van der Waals surface area contributed by atoms with E-state index in [1.165, 1.54) is 0 Å². The highest BCUT2D eigenvalue weighted by Crippen LogP contribution is 2.22. The zero-order valence-corrected chi connectivity index (χ0v) is 18.2. The highest BCUT2D eigenvalue weighted by atomic mass is 32.1. The molecule has 0 saturated heterocycles. The first-order valence-electron chi connectivity index (χ1n) is 9.91. The number of benzene rings is 1. The number of aromatic nitrogens is 3. The van der Waals surface area contributed by atoms with Crippen LogP contribution in [0.3, 0.4) is 0 Å². The fraction of sp³-hybridized carbons (Fsp3) is 0.381. The van der Waals surface area contributed by atoms with Crippen molar-refractivity contribution in [1.29, 1.82) is 0 Å². The standard InChI is InChI=1S/C21H27N5O3S/c1-4-25(5-2)17(18-7-6-12-29-18)13-22-19(27)14-26-20(23-24-21(26)30)15-8-10-16(28-3)11-9-15/h6-12,17H,4-5,13-14H2,1-3H3,(H,22,27)(H,24,30). The van der Waals surface area contributed by atoms with E-state index in [-0.39, 0.29) is 18.5 Å². The summed E-state index contributed by atoms with van der Waals surface area (Å²) in [5, 5.41) is 10.1. The van der Waals surface area contributed by atoms with Gasteiger partial charge in [-0.3, -0.25) is 19.4 Å². The van der Waals surface area contributed by atoms with Crippen molar-refractivity contribution in [2.24, 2.45) is 0 Å². The van der Waals surface area contributed by atoms with E-state index in [4.69, 9.17) is 21.4 Å². The molecule has 1 atom stereocenters. The molecule has 0 fully saturated rings. The van der Waals surface area contributed by atoms with E-state index in [1.54, 1.807) is 17.9 Å². The second-order valence-electron chi connectivity index (χ2n) is 6.72. The third-order valence-corrected chi connectivity index (χ3v) is 5.34. The van der Waals surface area contributed by atoms with Crippen LogP contribution in [0.4, 0.5) is 0 Å². The number of furan rings is 1. The summed E-state index contributed by atoms with van der Waals surface area (Å²) in [5.74, 6) is 2.03. The first-order valence-corrected chi connectivity index (χ1v) is 10.3. The fourth-order valence-corrected chi connectivity index (χ4v) is 3.59. The topological polar surface area (TPSA) is 88.3 Å². The lowest BCUT2D eigenvalue weighted by molar-refractivity contribution is -0.122. The molecule has 9 heteroatoms. The molecule has 0 radical (unpaired) electrons. The third kappa shape index (κ3) is 4.98. The number of amides is 1. The molecule has 30 heavy (non-hydrogen) atoms. The second-order valence-corrected chi connectivity index (χ2v) is 7.11. The molecular weight excluding hydrogens is 402 g/mol. The zero-order chi connectivity index (χ0) is 21.5. The van der Waals surface area contributed by atoms with Gasteiger partial charge in [-0.15, -0.1) is 0 Å². The molecule has 0 aliphatic carbocycles. The number of carbonyl (C=O) groups is 1. The van der Waals surface area contributed by atoms with Gasteiger partial charge in [0.15, 0.2) is 10.6 Å². The van der Waals surface area contributed by atoms with Crippen LogP contribution < -0.4 is 10.1 Å². The Morgan fingerprint density at radius 3 is 2.63 bits per heavy atom. The quantitative estimate of drug-likeness (QED) is 0.480. The Morgan fingerprint density at radius 1 is 1.30 bits per heavy atom. The number of aromatic amines is 1. The average molecular weight is 430 g/mol. The SMILES string of the molecule is CCN(CC)C(CNC(=O)Cn1c(-c2ccc(OC)cc2)n[nH]c1=S)c1ccco1. The van der Waals surface area contributed by atoms with Gasteiger partial charge >= 0.3 is 0 Å². The van der Waals surface area contributed by atoms with Crippen LogP contribution in [0.15, 0.2) is 47.1 Å². The minimum Gasteiger partial charge on any atom is -0.497 e. The number of nitrogens with zero attached hydrogens (tertiary/aromatic N) is 3. The Morgan fingerprint density at radius 2 is 2.03 bits per heavy atom. The van der Waals surface area contributed by atoms with Crippen LogP contribution in [0.1, 0.15) is 25.6 Å². The molecule has 0 aliphatic rings. The lowest BCUT2D eigenvalue weighted by Gasteiger charge is -2.28. The maximum Gasteiger partial charge on any atom is 0.240 e. The van der Waals surface area contributed by atoms with Crippen LogP contribution in [0.2, 0.25) is 0 Å². The van der Waals surface area contributed by atoms with Gasteiger partial charge < -0.3 is 14.5 Å². The summed E-state index contributed by atoms with van der Waals surface area (Å²) >= 11 is 5.34. The van der Waals surface area contributed by atoms with E-state index >= 15 is 0 Å². The van der Waals surface area contributed by atoms with Crippen molar-refractivity contribution in [3.05, 3.63) is 53.2 Å². The van der Waals surface area contributed by atoms with Crippen LogP contribution in [-0.4, -0.2) is 52.3 Å². The summed E-state index contributed by atoms with van der Waals surface area (Å²) in [6.07, 6.45) is 1.65. The number of H-pyrrole nitrogens is 1. The Bertz CT molecular complexity index is 991. The van der Waals surface area contributed by atoms with Crippen LogP contribution in [0.25, 0.3) is 11.4 Å². The van der Waals surface area contributed by atoms with Gasteiger partial charge in [-0.2, -0.15) is 5.10 Å². The van der Waals surface area contributed by atoms with Crippen molar-refractivity contribution >= 4 is 18.1 Å². The number of hydrogen-bond donors (Lipinski definition) is 2. The summed E-state index contributed by atoms with van der Waals surface area (Å²) in [7, 11) is 1.61. The average Bonchev–Trinajstić information content (AvgIpc) is 3.42. The summed E-state index contributed by atoms with van der Waals surface area (Å²) in [6.45, 7) is 6.40. The number of hydrogen-bond acceptors (Lipinski definition) is 6. The summed E-state index contributed by atoms with van der Waals surface area (Å²) in [4.78, 5) is 15.0. The molecule has 0 spiro atoms. The second kappa shape index (κ2) is 10.2. The summed E-state index contributed by atoms with van der Waals surface area (Å²) in [6, 6.07) is 11.2. The molecule has 3 aromatic rings. The van der Waals surface area contributed by atoms with Crippen molar-refractivity contribution in [1.82, 2.24) is 25.0 Å². The first kappa shape index (κ1) is 21.8. The number of likely N-dealkylation sites (N-methyl/N-ethyl adjacent to an activating group) is 1. The number of ether oxygens (including phenoxy) is 1. The van der Waals surface area contributed by atoms with Crippen molar-refractivity contribution < 1.29 is 13.9 Å². The van der Waals surface area contributed by atoms with Crippen LogP contribution in [0.5, 0.6) is 5.75 Å². The van der Waals surface area contributed by atoms with Crippen molar-refractivity contribution in [3.8, 4) is 17.1 Å². The highest BCUT2D eigenvalue weighted by molar-refractivity contribution is 7.71. The minimum atomic E-state index is -0.147. The van der Waals surface area contributed by atoms with E-state index < -0.39 is 0 Å². The molecule has 8 nitrogen and oxygen atoms in total. The van der Waals surface area contributed by atoms with Gasteiger partial charge in [0, 0.05) is 12.1 Å². The zero-order valence-electron chi connectivity index (χ0n) is 17.4. The Hall–Kier alpha value is -2.91. The molecule has 1 unspecified atom stereocenters. The summed E-state index contributed by atoms with van der Waals surface area (Å²) in [5.41, 5.74) is 0.840. The third-order valence-electron chi connectivity index (χ3n) is 5.03. The predicted molar refractivity (Wildman–Crippen MR) is 117 cm³/mol. The van der Waals surface area contributed by atoms with Gasteiger partial charge in [-0.25, -0.2) is 0 Å². The van der Waals surface area contributed by atoms with Gasteiger partial charge in [0.2, 0.25) is 5.91 Å². The Kier molecular flexibility index (Phi) is 7.42. The maximum absolute atomic E-state index is 12.7.